The van der Waals surface area contributed by atoms with Crippen molar-refractivity contribution in [3.05, 3.63) is 0 Å². The molecule has 4 radical (unpaired) electrons. The molecule has 0 aromatic rings. The third kappa shape index (κ3) is 59.2. The van der Waals surface area contributed by atoms with Crippen LogP contribution in [0.25, 0.3) is 0 Å². The molecule has 0 rings (SSSR count). The van der Waals surface area contributed by atoms with Crippen molar-refractivity contribution >= 4 is 45.1 Å². The molecule has 0 heterocycles. The summed E-state index contributed by atoms with van der Waals surface area (Å²) in [5.41, 5.74) is 0. The van der Waals surface area contributed by atoms with Gasteiger partial charge in [-0.1, -0.05) is 0 Å². The van der Waals surface area contributed by atoms with Gasteiger partial charge in [0.1, 0.15) is 0 Å². The van der Waals surface area contributed by atoms with Crippen molar-refractivity contribution in [3.8, 4) is 0 Å². The van der Waals surface area contributed by atoms with Gasteiger partial charge < -0.3 is 15.1 Å². The summed E-state index contributed by atoms with van der Waals surface area (Å²) in [5.74, 6) is 0. The minimum atomic E-state index is -2.92. The van der Waals surface area contributed by atoms with E-state index in [2.05, 4.69) is 0 Å². The zero-order valence-electron chi connectivity index (χ0n) is 3.22. The Labute approximate surface area is 101 Å². The second-order valence-electron chi connectivity index (χ2n) is 0.289. The van der Waals surface area contributed by atoms with Gasteiger partial charge >= 0.3 is 81.0 Å². The molecule has 7 heteroatoms. The summed E-state index contributed by atoms with van der Waals surface area (Å²) in [6.07, 6.45) is 0. The molecule has 0 aliphatic rings. The van der Waals surface area contributed by atoms with E-state index in [1.165, 1.54) is 0 Å². The molecule has 7 heavy (non-hydrogen) atoms. The molecule has 0 atom stereocenters. The zero-order chi connectivity index (χ0) is 3.58. The van der Waals surface area contributed by atoms with Gasteiger partial charge in [-0.3, -0.25) is 7.32 Å². The molecule has 0 spiro atoms. The first-order valence-corrected chi connectivity index (χ1v) is 0.707. The van der Waals surface area contributed by atoms with Crippen LogP contribution in [0.4, 0.5) is 0 Å². The standard InChI is InChI=1S/BO3.Ca.Ho.O/c2-1(3)4;;;/q-3;+2;+3;+2. The molecular weight excluding hydrogens is 280 g/mol. The number of rotatable bonds is 0. The van der Waals surface area contributed by atoms with Crippen LogP contribution >= 0.6 is 0 Å². The molecule has 0 aliphatic carbocycles. The van der Waals surface area contributed by atoms with Crippen LogP contribution in [0.2, 0.25) is 0 Å². The molecule has 0 saturated carbocycles. The Balaban J connectivity index is -0.0000000150. The van der Waals surface area contributed by atoms with Gasteiger partial charge in [0.15, 0.2) is 0 Å². The smallest absolute Gasteiger partial charge is 0.907 e. The molecule has 36 valence electrons. The van der Waals surface area contributed by atoms with Gasteiger partial charge in [0.05, 0.1) is 0 Å². The van der Waals surface area contributed by atoms with Gasteiger partial charge in [0, 0.05) is 0 Å². The van der Waals surface area contributed by atoms with E-state index < -0.39 is 7.32 Å². The van der Waals surface area contributed by atoms with E-state index in [9.17, 15) is 0 Å². The minimum Gasteiger partial charge on any atom is -0.907 e. The normalized spacial score (nSPS) is 3.86. The van der Waals surface area contributed by atoms with E-state index in [-0.39, 0.29) is 81.0 Å². The van der Waals surface area contributed by atoms with E-state index in [0.29, 0.717) is 0 Å². The molecule has 0 N–H and O–H groups in total. The van der Waals surface area contributed by atoms with Crippen molar-refractivity contribution in [3.63, 3.8) is 0 Å². The molecular formula is BCaHoO4+4. The Morgan fingerprint density at radius 1 is 1.00 bits per heavy atom. The van der Waals surface area contributed by atoms with Crippen molar-refractivity contribution in [2.75, 3.05) is 0 Å². The summed E-state index contributed by atoms with van der Waals surface area (Å²) in [6, 6.07) is 0. The van der Waals surface area contributed by atoms with Crippen molar-refractivity contribution in [2.45, 2.75) is 0 Å². The Kier molecular flexibility index (Phi) is 51.2. The van der Waals surface area contributed by atoms with Crippen molar-refractivity contribution < 1.29 is 58.3 Å². The Morgan fingerprint density at radius 2 is 1.00 bits per heavy atom. The topological polar surface area (TPSA) is 97.7 Å². The number of hydrogen-bond acceptors (Lipinski definition) is 3. The molecule has 0 aliphatic heterocycles. The van der Waals surface area contributed by atoms with E-state index >= 15 is 0 Å². The van der Waals surface area contributed by atoms with Crippen LogP contribution < -0.4 is 15.1 Å². The summed E-state index contributed by atoms with van der Waals surface area (Å²) in [7, 11) is -2.92. The monoisotopic (exact) mass is 280 g/mol. The van der Waals surface area contributed by atoms with Crippen LogP contribution in [-0.2, 0) is 5.48 Å². The van der Waals surface area contributed by atoms with E-state index in [4.69, 9.17) is 15.1 Å². The molecule has 0 bridgehead atoms. The fourth-order valence-electron chi connectivity index (χ4n) is 0. The first kappa shape index (κ1) is 22.7. The van der Waals surface area contributed by atoms with Gasteiger partial charge in [0.2, 0.25) is 0 Å². The predicted octanol–water partition coefficient (Wildman–Crippen LogP) is -4.45. The van der Waals surface area contributed by atoms with Crippen LogP contribution in [0.5, 0.6) is 0 Å². The summed E-state index contributed by atoms with van der Waals surface area (Å²) in [6.45, 7) is 0. The summed E-state index contributed by atoms with van der Waals surface area (Å²) in [5, 5.41) is 25.2. The van der Waals surface area contributed by atoms with Crippen molar-refractivity contribution in [1.82, 2.24) is 0 Å². The zero-order valence-corrected chi connectivity index (χ0v) is 7.36. The van der Waals surface area contributed by atoms with Gasteiger partial charge in [-0.05, 0) is 0 Å². The van der Waals surface area contributed by atoms with E-state index in [0.717, 1.165) is 0 Å². The fraction of sp³-hybridized carbons (Fsp3) is 0. The van der Waals surface area contributed by atoms with Crippen LogP contribution in [-0.4, -0.2) is 45.1 Å². The van der Waals surface area contributed by atoms with Crippen molar-refractivity contribution in [1.29, 1.82) is 0 Å². The molecule has 0 saturated heterocycles. The largest absolute Gasteiger partial charge is 3.00 e. The second kappa shape index (κ2) is 15.8. The maximum absolute atomic E-state index is 8.42. The van der Waals surface area contributed by atoms with Crippen LogP contribution in [0.15, 0.2) is 0 Å². The fourth-order valence-corrected chi connectivity index (χ4v) is 0. The third-order valence-electron chi connectivity index (χ3n) is 0. The van der Waals surface area contributed by atoms with Crippen LogP contribution in [0.3, 0.4) is 0 Å². The Hall–Kier alpha value is 2.42. The van der Waals surface area contributed by atoms with Gasteiger partial charge in [-0.15, -0.1) is 0 Å². The first-order valence-electron chi connectivity index (χ1n) is 0.707. The molecule has 0 fully saturated rings. The quantitative estimate of drug-likeness (QED) is 0.418. The van der Waals surface area contributed by atoms with Crippen molar-refractivity contribution in [2.24, 2.45) is 0 Å². The van der Waals surface area contributed by atoms with Gasteiger partial charge in [-0.2, -0.15) is 0 Å². The Morgan fingerprint density at radius 3 is 1.00 bits per heavy atom. The van der Waals surface area contributed by atoms with Crippen LogP contribution in [0.1, 0.15) is 0 Å². The average molecular weight is 280 g/mol. The second-order valence-corrected chi connectivity index (χ2v) is 0.289. The minimum absolute atomic E-state index is 0. The Bertz CT molecular complexity index is 16.4. The maximum atomic E-state index is 8.42. The SMILES string of the molecule is [Ca+2].[Ho+3].[O+2].[O-]B([O-])[O-]. The molecule has 0 amide bonds. The molecule has 0 aromatic heterocycles. The third-order valence-corrected chi connectivity index (χ3v) is 0. The predicted molar refractivity (Wildman–Crippen MR) is 12.2 cm³/mol. The van der Waals surface area contributed by atoms with Gasteiger partial charge in [-0.25, -0.2) is 0 Å². The van der Waals surface area contributed by atoms with E-state index in [1.807, 2.05) is 0 Å². The molecule has 4 nitrogen and oxygen atoms in total. The van der Waals surface area contributed by atoms with E-state index in [1.54, 1.807) is 0 Å². The first-order chi connectivity index (χ1) is 1.73. The molecule has 0 unspecified atom stereocenters. The number of hydrogen-bond donors (Lipinski definition) is 0. The summed E-state index contributed by atoms with van der Waals surface area (Å²) in [4.78, 5) is 0. The summed E-state index contributed by atoms with van der Waals surface area (Å²) >= 11 is 0. The molecule has 0 aromatic carbocycles. The maximum Gasteiger partial charge on any atom is 3.00 e. The summed E-state index contributed by atoms with van der Waals surface area (Å²) < 4.78 is 0. The van der Waals surface area contributed by atoms with Gasteiger partial charge in [0.25, 0.3) is 0 Å². The average Bonchev–Trinajstić information content (AvgIpc) is 0.811. The van der Waals surface area contributed by atoms with Crippen LogP contribution in [0, 0.1) is 37.7 Å².